The van der Waals surface area contributed by atoms with Gasteiger partial charge in [-0.25, -0.2) is 0 Å². The van der Waals surface area contributed by atoms with E-state index >= 15 is 0 Å². The highest BCUT2D eigenvalue weighted by Gasteiger charge is 2.13. The van der Waals surface area contributed by atoms with Crippen molar-refractivity contribution in [3.8, 4) is 0 Å². The van der Waals surface area contributed by atoms with E-state index in [9.17, 15) is 0 Å². The monoisotopic (exact) mass is 197 g/mol. The van der Waals surface area contributed by atoms with Crippen molar-refractivity contribution in [1.29, 1.82) is 0 Å². The maximum Gasteiger partial charge on any atom is 0.148 e. The van der Waals surface area contributed by atoms with E-state index in [2.05, 4.69) is 10.4 Å². The normalized spacial score (nSPS) is 22.2. The third kappa shape index (κ3) is 2.46. The maximum absolute atomic E-state index is 5.39. The molecule has 1 aromatic heterocycles. The fourth-order valence-electron chi connectivity index (χ4n) is 1.39. The minimum atomic E-state index is 0.241. The lowest BCUT2D eigenvalue weighted by Gasteiger charge is -2.22. The highest BCUT2D eigenvalue weighted by atomic mass is 16.7. The molecular formula is C9H15N3O2. The first-order valence-electron chi connectivity index (χ1n) is 4.77. The van der Waals surface area contributed by atoms with Crippen molar-refractivity contribution >= 4 is 5.82 Å². The van der Waals surface area contributed by atoms with Crippen LogP contribution in [0.25, 0.3) is 0 Å². The first-order chi connectivity index (χ1) is 6.84. The Bertz CT molecular complexity index is 281. The SMILES string of the molecule is Cn1ccc(NCC2CCOCO2)n1. The van der Waals surface area contributed by atoms with Crippen molar-refractivity contribution < 1.29 is 9.47 Å². The van der Waals surface area contributed by atoms with Crippen LogP contribution in [0.2, 0.25) is 0 Å². The number of hydrogen-bond acceptors (Lipinski definition) is 4. The van der Waals surface area contributed by atoms with Crippen molar-refractivity contribution in [2.24, 2.45) is 7.05 Å². The Kier molecular flexibility index (Phi) is 3.00. The van der Waals surface area contributed by atoms with Crippen molar-refractivity contribution in [3.63, 3.8) is 0 Å². The Morgan fingerprint density at radius 3 is 3.29 bits per heavy atom. The first-order valence-corrected chi connectivity index (χ1v) is 4.77. The molecule has 0 radical (unpaired) electrons. The van der Waals surface area contributed by atoms with Gasteiger partial charge in [-0.05, 0) is 6.42 Å². The second-order valence-corrected chi connectivity index (χ2v) is 3.36. The average Bonchev–Trinajstić information content (AvgIpc) is 2.63. The lowest BCUT2D eigenvalue weighted by Crippen LogP contribution is -2.30. The zero-order valence-corrected chi connectivity index (χ0v) is 8.27. The summed E-state index contributed by atoms with van der Waals surface area (Å²) < 4.78 is 12.2. The number of nitrogens with zero attached hydrogens (tertiary/aromatic N) is 2. The number of anilines is 1. The van der Waals surface area contributed by atoms with Crippen LogP contribution in [0.5, 0.6) is 0 Å². The summed E-state index contributed by atoms with van der Waals surface area (Å²) in [5, 5.41) is 7.44. The van der Waals surface area contributed by atoms with Crippen LogP contribution in [0.1, 0.15) is 6.42 Å². The van der Waals surface area contributed by atoms with Crippen LogP contribution in [0, 0.1) is 0 Å². The maximum atomic E-state index is 5.39. The van der Waals surface area contributed by atoms with Gasteiger partial charge in [-0.2, -0.15) is 5.10 Å². The van der Waals surface area contributed by atoms with Crippen molar-refractivity contribution in [2.45, 2.75) is 12.5 Å². The molecule has 1 atom stereocenters. The molecule has 78 valence electrons. The van der Waals surface area contributed by atoms with Crippen LogP contribution in [-0.2, 0) is 16.5 Å². The molecule has 14 heavy (non-hydrogen) atoms. The molecule has 2 rings (SSSR count). The minimum Gasteiger partial charge on any atom is -0.366 e. The third-order valence-corrected chi connectivity index (χ3v) is 2.20. The molecule has 5 nitrogen and oxygen atoms in total. The van der Waals surface area contributed by atoms with E-state index in [1.165, 1.54) is 0 Å². The zero-order valence-electron chi connectivity index (χ0n) is 8.27. The molecule has 0 aromatic carbocycles. The summed E-state index contributed by atoms with van der Waals surface area (Å²) in [6, 6.07) is 1.94. The highest BCUT2D eigenvalue weighted by Crippen LogP contribution is 2.07. The van der Waals surface area contributed by atoms with E-state index in [4.69, 9.17) is 9.47 Å². The van der Waals surface area contributed by atoms with Crippen LogP contribution < -0.4 is 5.32 Å². The van der Waals surface area contributed by atoms with E-state index in [0.717, 1.165) is 25.4 Å². The molecule has 1 saturated heterocycles. The van der Waals surface area contributed by atoms with Crippen LogP contribution in [-0.4, -0.2) is 35.8 Å². The summed E-state index contributed by atoms with van der Waals surface area (Å²) >= 11 is 0. The number of rotatable bonds is 3. The number of ether oxygens (including phenoxy) is 2. The average molecular weight is 197 g/mol. The van der Waals surface area contributed by atoms with Gasteiger partial charge in [0.1, 0.15) is 12.6 Å². The largest absolute Gasteiger partial charge is 0.366 e. The van der Waals surface area contributed by atoms with Crippen LogP contribution in [0.3, 0.4) is 0 Å². The lowest BCUT2D eigenvalue weighted by atomic mass is 10.2. The summed E-state index contributed by atoms with van der Waals surface area (Å²) in [4.78, 5) is 0. The Morgan fingerprint density at radius 1 is 1.71 bits per heavy atom. The molecule has 1 N–H and O–H groups in total. The number of aromatic nitrogens is 2. The molecule has 1 aliphatic rings. The fraction of sp³-hybridized carbons (Fsp3) is 0.667. The van der Waals surface area contributed by atoms with E-state index in [-0.39, 0.29) is 6.10 Å². The molecule has 2 heterocycles. The summed E-state index contributed by atoms with van der Waals surface area (Å²) in [6.45, 7) is 1.99. The fourth-order valence-corrected chi connectivity index (χ4v) is 1.39. The quantitative estimate of drug-likeness (QED) is 0.770. The number of aryl methyl sites for hydroxylation is 1. The minimum absolute atomic E-state index is 0.241. The number of hydrogen-bond donors (Lipinski definition) is 1. The summed E-state index contributed by atoms with van der Waals surface area (Å²) in [6.07, 6.45) is 3.10. The first kappa shape index (κ1) is 9.48. The van der Waals surface area contributed by atoms with Crippen LogP contribution >= 0.6 is 0 Å². The summed E-state index contributed by atoms with van der Waals surface area (Å²) in [7, 11) is 1.90. The molecule has 1 unspecified atom stereocenters. The van der Waals surface area contributed by atoms with E-state index in [1.807, 2.05) is 19.3 Å². The zero-order chi connectivity index (χ0) is 9.80. The van der Waals surface area contributed by atoms with Crippen LogP contribution in [0.4, 0.5) is 5.82 Å². The molecular weight excluding hydrogens is 182 g/mol. The highest BCUT2D eigenvalue weighted by molar-refractivity contribution is 5.32. The van der Waals surface area contributed by atoms with Crippen LogP contribution in [0.15, 0.2) is 12.3 Å². The molecule has 5 heteroatoms. The second-order valence-electron chi connectivity index (χ2n) is 3.36. The molecule has 1 aliphatic heterocycles. The Morgan fingerprint density at radius 2 is 2.64 bits per heavy atom. The van der Waals surface area contributed by atoms with E-state index in [0.29, 0.717) is 6.79 Å². The molecule has 0 amide bonds. The topological polar surface area (TPSA) is 48.3 Å². The van der Waals surface area contributed by atoms with E-state index < -0.39 is 0 Å². The second kappa shape index (κ2) is 4.43. The number of nitrogens with one attached hydrogen (secondary N) is 1. The molecule has 0 saturated carbocycles. The predicted molar refractivity (Wildman–Crippen MR) is 52.0 cm³/mol. The molecule has 0 aliphatic carbocycles. The van der Waals surface area contributed by atoms with Gasteiger partial charge in [-0.3, -0.25) is 4.68 Å². The van der Waals surface area contributed by atoms with Crippen molar-refractivity contribution in [1.82, 2.24) is 9.78 Å². The standard InChI is InChI=1S/C9H15N3O2/c1-12-4-2-9(11-12)10-6-8-3-5-13-7-14-8/h2,4,8H,3,5-7H2,1H3,(H,10,11). The lowest BCUT2D eigenvalue weighted by molar-refractivity contribution is -0.133. The molecule has 0 spiro atoms. The van der Waals surface area contributed by atoms with Gasteiger partial charge in [0.25, 0.3) is 0 Å². The Balaban J connectivity index is 1.76. The van der Waals surface area contributed by atoms with Gasteiger partial charge < -0.3 is 14.8 Å². The van der Waals surface area contributed by atoms with Gasteiger partial charge in [-0.15, -0.1) is 0 Å². The van der Waals surface area contributed by atoms with Gasteiger partial charge in [0.15, 0.2) is 0 Å². The van der Waals surface area contributed by atoms with Gasteiger partial charge in [0.2, 0.25) is 0 Å². The smallest absolute Gasteiger partial charge is 0.148 e. The Labute approximate surface area is 83.0 Å². The van der Waals surface area contributed by atoms with Crippen molar-refractivity contribution in [3.05, 3.63) is 12.3 Å². The van der Waals surface area contributed by atoms with Crippen molar-refractivity contribution in [2.75, 3.05) is 25.3 Å². The third-order valence-electron chi connectivity index (χ3n) is 2.20. The summed E-state index contributed by atoms with van der Waals surface area (Å²) in [5.41, 5.74) is 0. The molecule has 1 fully saturated rings. The predicted octanol–water partition coefficient (Wildman–Crippen LogP) is 0.595. The van der Waals surface area contributed by atoms with Gasteiger partial charge in [-0.1, -0.05) is 0 Å². The molecule has 1 aromatic rings. The molecule has 0 bridgehead atoms. The van der Waals surface area contributed by atoms with E-state index in [1.54, 1.807) is 4.68 Å². The van der Waals surface area contributed by atoms with Gasteiger partial charge >= 0.3 is 0 Å². The Hall–Kier alpha value is -1.07. The van der Waals surface area contributed by atoms with Gasteiger partial charge in [0, 0.05) is 25.9 Å². The summed E-state index contributed by atoms with van der Waals surface area (Å²) in [5.74, 6) is 0.891. The van der Waals surface area contributed by atoms with Gasteiger partial charge in [0.05, 0.1) is 12.7 Å².